The molecular weight excluding hydrogens is 214 g/mol. The Kier molecular flexibility index (Phi) is 3.28. The quantitative estimate of drug-likeness (QED) is 0.649. The van der Waals surface area contributed by atoms with Crippen molar-refractivity contribution in [1.29, 1.82) is 0 Å². The molecule has 0 saturated heterocycles. The molecule has 88 valence electrons. The standard InChI is InChI=1S/C14H16NO2/c1-11-12(2)15(16)9-8-14(11)17-10-13-6-4-3-5-7-13/h3-9,16H,10H2,1-2H3/q+1. The van der Waals surface area contributed by atoms with Gasteiger partial charge in [0.25, 0.3) is 0 Å². The molecule has 0 amide bonds. The molecule has 0 atom stereocenters. The lowest BCUT2D eigenvalue weighted by atomic mass is 10.2. The number of benzene rings is 1. The summed E-state index contributed by atoms with van der Waals surface area (Å²) < 4.78 is 6.84. The van der Waals surface area contributed by atoms with Gasteiger partial charge in [0.1, 0.15) is 12.4 Å². The first-order chi connectivity index (χ1) is 8.18. The van der Waals surface area contributed by atoms with Crippen LogP contribution in [0.25, 0.3) is 0 Å². The van der Waals surface area contributed by atoms with Crippen LogP contribution in [0.15, 0.2) is 42.6 Å². The Bertz CT molecular complexity index is 509. The first kappa shape index (κ1) is 11.5. The molecule has 3 heteroatoms. The van der Waals surface area contributed by atoms with Gasteiger partial charge in [-0.2, -0.15) is 0 Å². The van der Waals surface area contributed by atoms with E-state index in [4.69, 9.17) is 4.74 Å². The summed E-state index contributed by atoms with van der Waals surface area (Å²) in [4.78, 5) is 0. The van der Waals surface area contributed by atoms with E-state index in [1.807, 2.05) is 44.2 Å². The molecule has 0 saturated carbocycles. The van der Waals surface area contributed by atoms with Crippen LogP contribution in [0.4, 0.5) is 0 Å². The first-order valence-electron chi connectivity index (χ1n) is 5.56. The van der Waals surface area contributed by atoms with Crippen LogP contribution in [0, 0.1) is 13.8 Å². The minimum absolute atomic E-state index is 0.538. The third-order valence-electron chi connectivity index (χ3n) is 2.86. The lowest BCUT2D eigenvalue weighted by Gasteiger charge is -2.08. The van der Waals surface area contributed by atoms with E-state index in [-0.39, 0.29) is 0 Å². The van der Waals surface area contributed by atoms with Crippen molar-refractivity contribution < 1.29 is 14.7 Å². The van der Waals surface area contributed by atoms with E-state index >= 15 is 0 Å². The number of hydrogen-bond acceptors (Lipinski definition) is 2. The van der Waals surface area contributed by atoms with Gasteiger partial charge in [0.05, 0.1) is 5.56 Å². The highest BCUT2D eigenvalue weighted by Gasteiger charge is 2.13. The molecule has 0 aliphatic rings. The maximum absolute atomic E-state index is 9.47. The molecular formula is C14H16NO2+. The van der Waals surface area contributed by atoms with E-state index in [0.29, 0.717) is 6.61 Å². The van der Waals surface area contributed by atoms with E-state index in [0.717, 1.165) is 27.3 Å². The van der Waals surface area contributed by atoms with E-state index in [9.17, 15) is 5.21 Å². The molecule has 0 unspecified atom stereocenters. The van der Waals surface area contributed by atoms with Crippen LogP contribution in [0.5, 0.6) is 5.75 Å². The molecule has 1 aromatic carbocycles. The van der Waals surface area contributed by atoms with Gasteiger partial charge >= 0.3 is 0 Å². The Morgan fingerprint density at radius 1 is 1.12 bits per heavy atom. The van der Waals surface area contributed by atoms with Crippen LogP contribution in [0.1, 0.15) is 16.8 Å². The number of nitrogens with zero attached hydrogens (tertiary/aromatic N) is 1. The van der Waals surface area contributed by atoms with E-state index in [1.165, 1.54) is 0 Å². The molecule has 0 bridgehead atoms. The van der Waals surface area contributed by atoms with E-state index in [2.05, 4.69) is 0 Å². The molecule has 0 aliphatic carbocycles. The topological polar surface area (TPSA) is 33.3 Å². The molecule has 1 aromatic heterocycles. The fourth-order valence-electron chi connectivity index (χ4n) is 1.62. The van der Waals surface area contributed by atoms with Crippen molar-refractivity contribution in [2.24, 2.45) is 0 Å². The van der Waals surface area contributed by atoms with Gasteiger partial charge in [0, 0.05) is 17.7 Å². The Morgan fingerprint density at radius 3 is 2.53 bits per heavy atom. The smallest absolute Gasteiger partial charge is 0.237 e. The van der Waals surface area contributed by atoms with Crippen molar-refractivity contribution in [3.05, 3.63) is 59.4 Å². The molecule has 0 fully saturated rings. The molecule has 0 spiro atoms. The normalized spacial score (nSPS) is 10.2. The van der Waals surface area contributed by atoms with Gasteiger partial charge in [-0.1, -0.05) is 30.3 Å². The largest absolute Gasteiger partial charge is 0.488 e. The van der Waals surface area contributed by atoms with Crippen molar-refractivity contribution in [3.8, 4) is 5.75 Å². The van der Waals surface area contributed by atoms with Gasteiger partial charge in [-0.25, -0.2) is 0 Å². The lowest BCUT2D eigenvalue weighted by molar-refractivity contribution is -0.909. The number of aromatic nitrogens is 1. The van der Waals surface area contributed by atoms with Crippen LogP contribution in [-0.4, -0.2) is 5.21 Å². The molecule has 3 nitrogen and oxygen atoms in total. The predicted octanol–water partition coefficient (Wildman–Crippen LogP) is 2.41. The van der Waals surface area contributed by atoms with Crippen LogP contribution in [0.2, 0.25) is 0 Å². The van der Waals surface area contributed by atoms with Gasteiger partial charge in [-0.3, -0.25) is 5.21 Å². The van der Waals surface area contributed by atoms with Crippen molar-refractivity contribution >= 4 is 0 Å². The minimum Gasteiger partial charge on any atom is -0.488 e. The van der Waals surface area contributed by atoms with Gasteiger partial charge < -0.3 is 4.74 Å². The summed E-state index contributed by atoms with van der Waals surface area (Å²) in [6, 6.07) is 11.8. The van der Waals surface area contributed by atoms with Gasteiger partial charge in [-0.15, -0.1) is 0 Å². The first-order valence-corrected chi connectivity index (χ1v) is 5.56. The maximum atomic E-state index is 9.47. The highest BCUT2D eigenvalue weighted by Crippen LogP contribution is 2.18. The Balaban J connectivity index is 2.13. The molecule has 2 aromatic rings. The third kappa shape index (κ3) is 2.56. The van der Waals surface area contributed by atoms with Crippen molar-refractivity contribution in [2.75, 3.05) is 0 Å². The zero-order chi connectivity index (χ0) is 12.3. The Hall–Kier alpha value is -2.03. The summed E-state index contributed by atoms with van der Waals surface area (Å²) in [6.07, 6.45) is 1.59. The average Bonchev–Trinajstić information content (AvgIpc) is 2.36. The summed E-state index contributed by atoms with van der Waals surface area (Å²) in [5, 5.41) is 9.47. The highest BCUT2D eigenvalue weighted by molar-refractivity contribution is 5.31. The average molecular weight is 230 g/mol. The predicted molar refractivity (Wildman–Crippen MR) is 64.1 cm³/mol. The molecule has 17 heavy (non-hydrogen) atoms. The van der Waals surface area contributed by atoms with Gasteiger partial charge in [-0.05, 0) is 12.5 Å². The minimum atomic E-state index is 0.538. The summed E-state index contributed by atoms with van der Waals surface area (Å²) in [7, 11) is 0. The van der Waals surface area contributed by atoms with Gasteiger partial charge in [0.15, 0.2) is 0 Å². The third-order valence-corrected chi connectivity index (χ3v) is 2.86. The number of rotatable bonds is 3. The van der Waals surface area contributed by atoms with Crippen molar-refractivity contribution in [2.45, 2.75) is 20.5 Å². The monoisotopic (exact) mass is 230 g/mol. The van der Waals surface area contributed by atoms with Crippen LogP contribution >= 0.6 is 0 Å². The second-order valence-corrected chi connectivity index (χ2v) is 4.01. The zero-order valence-corrected chi connectivity index (χ0v) is 10.1. The second-order valence-electron chi connectivity index (χ2n) is 4.01. The number of pyridine rings is 1. The van der Waals surface area contributed by atoms with Crippen LogP contribution in [-0.2, 0) is 6.61 Å². The van der Waals surface area contributed by atoms with E-state index < -0.39 is 0 Å². The highest BCUT2D eigenvalue weighted by atomic mass is 16.5. The summed E-state index contributed by atoms with van der Waals surface area (Å²) in [5.41, 5.74) is 2.87. The van der Waals surface area contributed by atoms with Crippen molar-refractivity contribution in [1.82, 2.24) is 0 Å². The van der Waals surface area contributed by atoms with Crippen LogP contribution < -0.4 is 9.47 Å². The molecule has 0 radical (unpaired) electrons. The Morgan fingerprint density at radius 2 is 1.82 bits per heavy atom. The fraction of sp³-hybridized carbons (Fsp3) is 0.214. The summed E-state index contributed by atoms with van der Waals surface area (Å²) in [5.74, 6) is 0.802. The Labute approximate surface area is 101 Å². The number of hydrogen-bond donors (Lipinski definition) is 1. The van der Waals surface area contributed by atoms with E-state index in [1.54, 1.807) is 12.3 Å². The van der Waals surface area contributed by atoms with Crippen molar-refractivity contribution in [3.63, 3.8) is 0 Å². The maximum Gasteiger partial charge on any atom is 0.237 e. The molecule has 1 heterocycles. The summed E-state index contributed by atoms with van der Waals surface area (Å²) >= 11 is 0. The molecule has 0 aliphatic heterocycles. The summed E-state index contributed by atoms with van der Waals surface area (Å²) in [6.45, 7) is 4.32. The fourth-order valence-corrected chi connectivity index (χ4v) is 1.62. The second kappa shape index (κ2) is 4.87. The zero-order valence-electron chi connectivity index (χ0n) is 10.1. The SMILES string of the molecule is Cc1c(OCc2ccccc2)cc[n+](O)c1C. The van der Waals surface area contributed by atoms with Gasteiger partial charge in [0.2, 0.25) is 11.9 Å². The molecule has 1 N–H and O–H groups in total. The molecule has 2 rings (SSSR count). The lowest BCUT2D eigenvalue weighted by Crippen LogP contribution is -2.33. The number of ether oxygens (including phenoxy) is 1. The van der Waals surface area contributed by atoms with Crippen LogP contribution in [0.3, 0.4) is 0 Å².